The number of aliphatic carboxylic acids is 1. The van der Waals surface area contributed by atoms with Gasteiger partial charge >= 0.3 is 12.0 Å². The van der Waals surface area contributed by atoms with E-state index in [2.05, 4.69) is 10.6 Å². The van der Waals surface area contributed by atoms with E-state index in [1.54, 1.807) is 7.11 Å². The maximum absolute atomic E-state index is 11.9. The molecule has 0 aromatic rings. The molecule has 0 aromatic heterocycles. The molecule has 3 N–H and O–H groups in total. The summed E-state index contributed by atoms with van der Waals surface area (Å²) in [6.07, 6.45) is 1.24. The number of amides is 2. The first-order valence-electron chi connectivity index (χ1n) is 7.50. The van der Waals surface area contributed by atoms with E-state index in [0.29, 0.717) is 19.4 Å². The van der Waals surface area contributed by atoms with Gasteiger partial charge in [0.1, 0.15) is 0 Å². The van der Waals surface area contributed by atoms with Crippen molar-refractivity contribution in [1.29, 1.82) is 0 Å². The third-order valence-electron chi connectivity index (χ3n) is 5.01. The highest BCUT2D eigenvalue weighted by Crippen LogP contribution is 2.45. The molecule has 0 saturated heterocycles. The monoisotopic (exact) mass is 300 g/mol. The summed E-state index contributed by atoms with van der Waals surface area (Å²) in [5, 5.41) is 15.1. The molecular formula is C15H28N2O4. The van der Waals surface area contributed by atoms with Gasteiger partial charge in [0.25, 0.3) is 0 Å². The normalized spacial score (nSPS) is 29.5. The lowest BCUT2D eigenvalue weighted by Gasteiger charge is -2.46. The van der Waals surface area contributed by atoms with Gasteiger partial charge < -0.3 is 20.5 Å². The molecule has 0 spiro atoms. The summed E-state index contributed by atoms with van der Waals surface area (Å²) in [6, 6.07) is -0.228. The number of carboxylic acid groups (broad SMARTS) is 1. The van der Waals surface area contributed by atoms with Gasteiger partial charge in [-0.15, -0.1) is 0 Å². The lowest BCUT2D eigenvalue weighted by Crippen LogP contribution is -2.54. The van der Waals surface area contributed by atoms with Gasteiger partial charge in [-0.3, -0.25) is 4.79 Å². The maximum atomic E-state index is 11.9. The second-order valence-electron chi connectivity index (χ2n) is 6.59. The van der Waals surface area contributed by atoms with Crippen molar-refractivity contribution in [2.24, 2.45) is 17.3 Å². The highest BCUT2D eigenvalue weighted by molar-refractivity contribution is 5.74. The molecule has 1 rings (SSSR count). The molecule has 2 amide bonds. The summed E-state index contributed by atoms with van der Waals surface area (Å²) < 4.78 is 5.08. The topological polar surface area (TPSA) is 87.7 Å². The fraction of sp³-hybridized carbons (Fsp3) is 0.867. The first kappa shape index (κ1) is 17.8. The molecule has 1 fully saturated rings. The molecule has 0 aliphatic heterocycles. The van der Waals surface area contributed by atoms with Gasteiger partial charge in [-0.1, -0.05) is 20.8 Å². The van der Waals surface area contributed by atoms with Crippen LogP contribution in [0.15, 0.2) is 0 Å². The quantitative estimate of drug-likeness (QED) is 0.723. The van der Waals surface area contributed by atoms with Crippen LogP contribution in [0.25, 0.3) is 0 Å². The Labute approximate surface area is 126 Å². The predicted molar refractivity (Wildman–Crippen MR) is 80.1 cm³/mol. The fourth-order valence-corrected chi connectivity index (χ4v) is 2.98. The van der Waals surface area contributed by atoms with Gasteiger partial charge in [-0.05, 0) is 31.1 Å². The van der Waals surface area contributed by atoms with E-state index < -0.39 is 5.97 Å². The zero-order chi connectivity index (χ0) is 16.2. The van der Waals surface area contributed by atoms with E-state index >= 15 is 0 Å². The van der Waals surface area contributed by atoms with Crippen LogP contribution in [-0.2, 0) is 9.53 Å². The molecule has 1 aliphatic carbocycles. The third-order valence-corrected chi connectivity index (χ3v) is 5.01. The van der Waals surface area contributed by atoms with E-state index in [1.165, 1.54) is 0 Å². The second-order valence-corrected chi connectivity index (χ2v) is 6.59. The number of carboxylic acids is 1. The Morgan fingerprint density at radius 2 is 2.00 bits per heavy atom. The van der Waals surface area contributed by atoms with Gasteiger partial charge in [-0.2, -0.15) is 0 Å². The Morgan fingerprint density at radius 3 is 2.52 bits per heavy atom. The van der Waals surface area contributed by atoms with Crippen LogP contribution < -0.4 is 10.6 Å². The van der Waals surface area contributed by atoms with E-state index in [0.717, 1.165) is 0 Å². The Bertz CT molecular complexity index is 384. The number of urea groups is 1. The third kappa shape index (κ3) is 4.33. The fourth-order valence-electron chi connectivity index (χ4n) is 2.98. The maximum Gasteiger partial charge on any atom is 0.315 e. The van der Waals surface area contributed by atoms with Crippen molar-refractivity contribution in [2.75, 3.05) is 13.7 Å². The average Bonchev–Trinajstić information content (AvgIpc) is 2.40. The van der Waals surface area contributed by atoms with Crippen molar-refractivity contribution in [3.8, 4) is 0 Å². The number of carbonyl (C=O) groups is 2. The average molecular weight is 300 g/mol. The lowest BCUT2D eigenvalue weighted by atomic mass is 9.61. The summed E-state index contributed by atoms with van der Waals surface area (Å²) in [6.45, 7) is 8.27. The first-order chi connectivity index (χ1) is 9.70. The Balaban J connectivity index is 2.58. The number of hydrogen-bond acceptors (Lipinski definition) is 3. The largest absolute Gasteiger partial charge is 0.481 e. The molecule has 4 unspecified atom stereocenters. The predicted octanol–water partition coefficient (Wildman–Crippen LogP) is 1.85. The molecule has 122 valence electrons. The summed E-state index contributed by atoms with van der Waals surface area (Å²) in [5.74, 6) is -1.01. The molecule has 21 heavy (non-hydrogen) atoms. The first-order valence-corrected chi connectivity index (χ1v) is 7.50. The summed E-state index contributed by atoms with van der Waals surface area (Å²) in [5.41, 5.74) is -0.345. The molecular weight excluding hydrogens is 272 g/mol. The number of hydrogen-bond donors (Lipinski definition) is 3. The van der Waals surface area contributed by atoms with Crippen LogP contribution in [0.3, 0.4) is 0 Å². The molecule has 4 atom stereocenters. The van der Waals surface area contributed by atoms with Crippen LogP contribution in [0.1, 0.15) is 40.5 Å². The van der Waals surface area contributed by atoms with Crippen LogP contribution in [0.5, 0.6) is 0 Å². The molecule has 6 heteroatoms. The number of methoxy groups -OCH3 is 1. The van der Waals surface area contributed by atoms with Crippen molar-refractivity contribution >= 4 is 12.0 Å². The molecule has 1 saturated carbocycles. The lowest BCUT2D eigenvalue weighted by molar-refractivity contribution is -0.150. The van der Waals surface area contributed by atoms with Crippen LogP contribution >= 0.6 is 0 Å². The number of rotatable bonds is 5. The molecule has 1 aliphatic rings. The zero-order valence-corrected chi connectivity index (χ0v) is 13.6. The summed E-state index contributed by atoms with van der Waals surface area (Å²) >= 11 is 0. The number of nitrogens with one attached hydrogen (secondary N) is 2. The van der Waals surface area contributed by atoms with E-state index in [4.69, 9.17) is 4.74 Å². The van der Waals surface area contributed by atoms with Crippen LogP contribution in [-0.4, -0.2) is 42.9 Å². The number of ether oxygens (including phenoxy) is 1. The highest BCUT2D eigenvalue weighted by atomic mass is 16.5. The minimum atomic E-state index is -0.747. The van der Waals surface area contributed by atoms with Gasteiger partial charge in [0.2, 0.25) is 0 Å². The molecule has 0 radical (unpaired) electrons. The number of carbonyl (C=O) groups excluding carboxylic acids is 1. The Hall–Kier alpha value is -1.30. The van der Waals surface area contributed by atoms with Crippen molar-refractivity contribution in [3.05, 3.63) is 0 Å². The van der Waals surface area contributed by atoms with Crippen molar-refractivity contribution in [1.82, 2.24) is 10.6 Å². The van der Waals surface area contributed by atoms with E-state index in [9.17, 15) is 14.7 Å². The Kier molecular flexibility index (Phi) is 6.01. The summed E-state index contributed by atoms with van der Waals surface area (Å²) in [4.78, 5) is 23.3. The smallest absolute Gasteiger partial charge is 0.315 e. The van der Waals surface area contributed by atoms with Crippen LogP contribution in [0.2, 0.25) is 0 Å². The van der Waals surface area contributed by atoms with E-state index in [-0.39, 0.29) is 35.4 Å². The molecule has 0 heterocycles. The van der Waals surface area contributed by atoms with Crippen LogP contribution in [0, 0.1) is 17.3 Å². The summed E-state index contributed by atoms with van der Waals surface area (Å²) in [7, 11) is 1.60. The molecule has 6 nitrogen and oxygen atoms in total. The van der Waals surface area contributed by atoms with Crippen molar-refractivity contribution in [3.63, 3.8) is 0 Å². The zero-order valence-electron chi connectivity index (χ0n) is 13.6. The van der Waals surface area contributed by atoms with Crippen LogP contribution in [0.4, 0.5) is 4.79 Å². The van der Waals surface area contributed by atoms with Crippen molar-refractivity contribution < 1.29 is 19.4 Å². The molecule has 0 aromatic carbocycles. The van der Waals surface area contributed by atoms with Gasteiger partial charge in [-0.25, -0.2) is 4.79 Å². The van der Waals surface area contributed by atoms with Gasteiger partial charge in [0.15, 0.2) is 0 Å². The van der Waals surface area contributed by atoms with Gasteiger partial charge in [0.05, 0.1) is 12.0 Å². The highest BCUT2D eigenvalue weighted by Gasteiger charge is 2.46. The molecule has 0 bridgehead atoms. The SMILES string of the molecule is COC(C)CNC(=O)NC1CCC(C(=O)O)C(C)(C)C1C. The minimum absolute atomic E-state index is 0.00606. The minimum Gasteiger partial charge on any atom is -0.481 e. The Morgan fingerprint density at radius 1 is 1.38 bits per heavy atom. The standard InChI is InChI=1S/C15H28N2O4/c1-9(21-5)8-16-14(20)17-12-7-6-11(13(18)19)15(3,4)10(12)2/h9-12H,6-8H2,1-5H3,(H,18,19)(H2,16,17,20). The van der Waals surface area contributed by atoms with Crippen molar-refractivity contribution in [2.45, 2.75) is 52.7 Å². The van der Waals surface area contributed by atoms with Gasteiger partial charge in [0, 0.05) is 19.7 Å². The second kappa shape index (κ2) is 7.11. The van der Waals surface area contributed by atoms with E-state index in [1.807, 2.05) is 27.7 Å².